The van der Waals surface area contributed by atoms with E-state index in [4.69, 9.17) is 28.6 Å². The Labute approximate surface area is 192 Å². The van der Waals surface area contributed by atoms with Crippen LogP contribution in [0.5, 0.6) is 0 Å². The first-order valence-corrected chi connectivity index (χ1v) is 11.6. The van der Waals surface area contributed by atoms with Crippen molar-refractivity contribution in [1.29, 1.82) is 5.41 Å². The van der Waals surface area contributed by atoms with Crippen LogP contribution in [0.25, 0.3) is 11.8 Å². The van der Waals surface area contributed by atoms with Gasteiger partial charge in [-0.2, -0.15) is 10.0 Å². The number of aliphatic imine (C=N–C) groups is 1. The van der Waals surface area contributed by atoms with Crippen LogP contribution in [-0.2, 0) is 4.79 Å². The molecule has 0 saturated heterocycles. The van der Waals surface area contributed by atoms with Gasteiger partial charge >= 0.3 is 0 Å². The molecule has 10 heteroatoms. The first-order chi connectivity index (χ1) is 14.3. The van der Waals surface area contributed by atoms with Gasteiger partial charge in [0, 0.05) is 16.4 Å². The quantitative estimate of drug-likeness (QED) is 0.572. The summed E-state index contributed by atoms with van der Waals surface area (Å²) in [5.74, 6) is 0.445. The van der Waals surface area contributed by atoms with Gasteiger partial charge in [-0.1, -0.05) is 41.9 Å². The van der Waals surface area contributed by atoms with E-state index in [-0.39, 0.29) is 11.4 Å². The average Bonchev–Trinajstić information content (AvgIpc) is 3.20. The molecule has 1 aromatic carbocycles. The van der Waals surface area contributed by atoms with Crippen molar-refractivity contribution in [1.82, 2.24) is 9.58 Å². The number of hydrogen-bond donors (Lipinski definition) is 1. The number of halogens is 2. The molecule has 1 aromatic heterocycles. The van der Waals surface area contributed by atoms with Gasteiger partial charge in [0.2, 0.25) is 5.17 Å². The molecule has 0 atom stereocenters. The van der Waals surface area contributed by atoms with Gasteiger partial charge in [0.05, 0.1) is 16.3 Å². The summed E-state index contributed by atoms with van der Waals surface area (Å²) in [6, 6.07) is 7.29. The van der Waals surface area contributed by atoms with Crippen LogP contribution in [0, 0.1) is 19.3 Å². The SMILES string of the molecule is CCSC1=NN2C(=N)/C(=C/c3cc(C)n(-c4ccc(Cl)cc4Cl)c3C)C(=O)N=C2S1. The molecule has 1 N–H and O–H groups in total. The molecule has 0 bridgehead atoms. The third-order valence-corrected chi connectivity index (χ3v) is 7.09. The summed E-state index contributed by atoms with van der Waals surface area (Å²) in [5, 5.41) is 15.9. The van der Waals surface area contributed by atoms with E-state index in [0.717, 1.165) is 32.8 Å². The van der Waals surface area contributed by atoms with Crippen LogP contribution in [-0.4, -0.2) is 36.6 Å². The number of thioether (sulfide) groups is 2. The molecule has 1 amide bonds. The highest BCUT2D eigenvalue weighted by Gasteiger charge is 2.35. The lowest BCUT2D eigenvalue weighted by atomic mass is 10.1. The second kappa shape index (κ2) is 8.26. The molecule has 0 fully saturated rings. The third-order valence-electron chi connectivity index (χ3n) is 4.62. The van der Waals surface area contributed by atoms with Crippen molar-refractivity contribution < 1.29 is 4.79 Å². The van der Waals surface area contributed by atoms with Gasteiger partial charge < -0.3 is 4.57 Å². The predicted octanol–water partition coefficient (Wildman–Crippen LogP) is 5.73. The Morgan fingerprint density at radius 2 is 2.03 bits per heavy atom. The Kier molecular flexibility index (Phi) is 5.85. The summed E-state index contributed by atoms with van der Waals surface area (Å²) in [5.41, 5.74) is 3.64. The lowest BCUT2D eigenvalue weighted by molar-refractivity contribution is -0.114. The second-order valence-electron chi connectivity index (χ2n) is 6.58. The van der Waals surface area contributed by atoms with E-state index in [1.807, 2.05) is 37.5 Å². The molecule has 30 heavy (non-hydrogen) atoms. The maximum atomic E-state index is 12.6. The number of carbonyl (C=O) groups is 1. The fourth-order valence-corrected chi connectivity index (χ4v) is 5.60. The molecule has 0 unspecified atom stereocenters. The number of rotatable bonds is 3. The van der Waals surface area contributed by atoms with Crippen molar-refractivity contribution in [3.63, 3.8) is 0 Å². The average molecular weight is 478 g/mol. The topological polar surface area (TPSA) is 73.8 Å². The third kappa shape index (κ3) is 3.73. The summed E-state index contributed by atoms with van der Waals surface area (Å²) in [6.45, 7) is 5.92. The highest BCUT2D eigenvalue weighted by atomic mass is 35.5. The normalized spacial score (nSPS) is 17.5. The Morgan fingerprint density at radius 3 is 2.73 bits per heavy atom. The first-order valence-electron chi connectivity index (χ1n) is 9.07. The van der Waals surface area contributed by atoms with Gasteiger partial charge in [-0.3, -0.25) is 10.2 Å². The highest BCUT2D eigenvalue weighted by Crippen LogP contribution is 2.34. The fraction of sp³-hybridized carbons (Fsp3) is 0.200. The summed E-state index contributed by atoms with van der Waals surface area (Å²) >= 11 is 15.3. The van der Waals surface area contributed by atoms with E-state index in [1.54, 1.807) is 30.0 Å². The fourth-order valence-electron chi connectivity index (χ4n) is 3.28. The van der Waals surface area contributed by atoms with E-state index in [0.29, 0.717) is 15.2 Å². The molecule has 0 radical (unpaired) electrons. The molecular weight excluding hydrogens is 461 g/mol. The zero-order valence-corrected chi connectivity index (χ0v) is 19.5. The number of nitrogens with zero attached hydrogens (tertiary/aromatic N) is 4. The molecule has 3 heterocycles. The van der Waals surface area contributed by atoms with Crippen LogP contribution < -0.4 is 0 Å². The smallest absolute Gasteiger partial charge is 0.283 e. The summed E-state index contributed by atoms with van der Waals surface area (Å²) in [6.07, 6.45) is 1.69. The first kappa shape index (κ1) is 21.2. The number of hydrogen-bond acceptors (Lipinski definition) is 5. The highest BCUT2D eigenvalue weighted by molar-refractivity contribution is 8.45. The van der Waals surface area contributed by atoms with E-state index in [2.05, 4.69) is 10.1 Å². The van der Waals surface area contributed by atoms with Crippen molar-refractivity contribution in [2.24, 2.45) is 10.1 Å². The number of benzene rings is 1. The lowest BCUT2D eigenvalue weighted by Gasteiger charge is -2.20. The number of aromatic nitrogens is 1. The molecule has 0 spiro atoms. The minimum Gasteiger partial charge on any atom is -0.316 e. The monoisotopic (exact) mass is 477 g/mol. The number of carbonyl (C=O) groups excluding carboxylic acids is 1. The number of aryl methyl sites for hydroxylation is 1. The van der Waals surface area contributed by atoms with E-state index in [9.17, 15) is 4.79 Å². The minimum absolute atomic E-state index is 0.0264. The molecule has 0 aliphatic carbocycles. The minimum atomic E-state index is -0.439. The predicted molar refractivity (Wildman–Crippen MR) is 128 cm³/mol. The van der Waals surface area contributed by atoms with Crippen molar-refractivity contribution in [3.05, 3.63) is 56.8 Å². The van der Waals surface area contributed by atoms with E-state index >= 15 is 0 Å². The van der Waals surface area contributed by atoms with Gasteiger partial charge in [0.1, 0.15) is 0 Å². The van der Waals surface area contributed by atoms with Crippen LogP contribution in [0.2, 0.25) is 10.0 Å². The molecular formula is C20H17Cl2N5OS2. The molecule has 2 aliphatic heterocycles. The number of amidine groups is 2. The zero-order valence-electron chi connectivity index (χ0n) is 16.4. The lowest BCUT2D eigenvalue weighted by Crippen LogP contribution is -2.35. The van der Waals surface area contributed by atoms with Crippen LogP contribution in [0.15, 0.2) is 39.9 Å². The van der Waals surface area contributed by atoms with Crippen LogP contribution in [0.4, 0.5) is 0 Å². The number of nitrogens with one attached hydrogen (secondary N) is 1. The van der Waals surface area contributed by atoms with Crippen molar-refractivity contribution >= 4 is 74.1 Å². The van der Waals surface area contributed by atoms with Crippen LogP contribution in [0.3, 0.4) is 0 Å². The second-order valence-corrected chi connectivity index (χ2v) is 9.89. The largest absolute Gasteiger partial charge is 0.316 e. The molecule has 2 aromatic rings. The molecule has 4 rings (SSSR count). The Balaban J connectivity index is 1.74. The van der Waals surface area contributed by atoms with Crippen molar-refractivity contribution in [2.45, 2.75) is 20.8 Å². The summed E-state index contributed by atoms with van der Waals surface area (Å²) in [4.78, 5) is 16.8. The van der Waals surface area contributed by atoms with E-state index in [1.165, 1.54) is 16.8 Å². The number of fused-ring (bicyclic) bond motifs is 1. The number of hydrazone groups is 1. The van der Waals surface area contributed by atoms with Crippen LogP contribution in [0.1, 0.15) is 23.9 Å². The molecule has 6 nitrogen and oxygen atoms in total. The Hall–Kier alpha value is -2.00. The van der Waals surface area contributed by atoms with Crippen molar-refractivity contribution in [3.8, 4) is 5.69 Å². The molecule has 154 valence electrons. The Morgan fingerprint density at radius 1 is 1.27 bits per heavy atom. The maximum Gasteiger partial charge on any atom is 0.283 e. The van der Waals surface area contributed by atoms with Gasteiger partial charge in [0.15, 0.2) is 10.2 Å². The van der Waals surface area contributed by atoms with E-state index < -0.39 is 5.91 Å². The van der Waals surface area contributed by atoms with Gasteiger partial charge in [-0.25, -0.2) is 0 Å². The summed E-state index contributed by atoms with van der Waals surface area (Å²) in [7, 11) is 0. The van der Waals surface area contributed by atoms with Crippen LogP contribution >= 0.6 is 46.7 Å². The van der Waals surface area contributed by atoms with Gasteiger partial charge in [-0.05, 0) is 67.3 Å². The number of amides is 1. The molecule has 2 aliphatic rings. The maximum absolute atomic E-state index is 12.6. The molecule has 0 saturated carbocycles. The standard InChI is InChI=1S/C20H17Cl2N5OS2/c1-4-29-20-25-27-17(23)14(18(28)24-19(27)30-20)8-12-7-10(2)26(11(12)3)16-6-5-13(21)9-15(16)22/h5-9,23H,4H2,1-3H3/b14-8-,23-17?. The van der Waals surface area contributed by atoms with Gasteiger partial charge in [-0.15, -0.1) is 5.10 Å². The summed E-state index contributed by atoms with van der Waals surface area (Å²) < 4.78 is 2.78. The Bertz CT molecular complexity index is 1180. The van der Waals surface area contributed by atoms with Gasteiger partial charge in [0.25, 0.3) is 5.91 Å². The zero-order chi connectivity index (χ0) is 21.6. The van der Waals surface area contributed by atoms with Crippen molar-refractivity contribution in [2.75, 3.05) is 5.75 Å².